The summed E-state index contributed by atoms with van der Waals surface area (Å²) in [6, 6.07) is 4.00. The number of nitrogens with zero attached hydrogens (tertiary/aromatic N) is 3. The second-order valence-electron chi connectivity index (χ2n) is 7.79. The molecule has 1 aliphatic rings. The minimum atomic E-state index is -3.09. The third kappa shape index (κ3) is 7.98. The Morgan fingerprint density at radius 1 is 1.23 bits per heavy atom. The summed E-state index contributed by atoms with van der Waals surface area (Å²) in [5, 5.41) is 3.36. The van der Waals surface area contributed by atoms with Gasteiger partial charge in [0.1, 0.15) is 0 Å². The van der Waals surface area contributed by atoms with Crippen molar-refractivity contribution in [1.82, 2.24) is 14.5 Å². The maximum atomic E-state index is 11.7. The average Bonchev–Trinajstić information content (AvgIpc) is 2.71. The third-order valence-electron chi connectivity index (χ3n) is 5.49. The fraction of sp³-hybridized carbons (Fsp3) is 0.667. The fourth-order valence-electron chi connectivity index (χ4n) is 3.63. The predicted molar refractivity (Wildman–Crippen MR) is 136 cm³/mol. The molecule has 0 saturated carbocycles. The number of hydrogen-bond acceptors (Lipinski definition) is 5. The molecule has 1 fully saturated rings. The van der Waals surface area contributed by atoms with Crippen LogP contribution >= 0.6 is 24.0 Å². The summed E-state index contributed by atoms with van der Waals surface area (Å²) in [6.45, 7) is 7.42. The van der Waals surface area contributed by atoms with Crippen LogP contribution in [0.5, 0.6) is 11.5 Å². The van der Waals surface area contributed by atoms with E-state index >= 15 is 0 Å². The Morgan fingerprint density at radius 3 is 2.32 bits per heavy atom. The first-order valence-electron chi connectivity index (χ1n) is 10.4. The van der Waals surface area contributed by atoms with Crippen molar-refractivity contribution in [3.8, 4) is 11.5 Å². The number of methoxy groups -OCH3 is 2. The molecule has 1 aromatic rings. The second-order valence-corrected chi connectivity index (χ2v) is 9.77. The first kappa shape index (κ1) is 27.8. The van der Waals surface area contributed by atoms with Gasteiger partial charge in [-0.3, -0.25) is 4.99 Å². The quantitative estimate of drug-likeness (QED) is 0.295. The highest BCUT2D eigenvalue weighted by Gasteiger charge is 2.25. The van der Waals surface area contributed by atoms with Gasteiger partial charge < -0.3 is 19.7 Å². The summed E-state index contributed by atoms with van der Waals surface area (Å²) >= 11 is 0. The lowest BCUT2D eigenvalue weighted by Crippen LogP contribution is -2.40. The van der Waals surface area contributed by atoms with Gasteiger partial charge in [-0.2, -0.15) is 0 Å². The van der Waals surface area contributed by atoms with E-state index in [0.29, 0.717) is 37.8 Å². The van der Waals surface area contributed by atoms with Gasteiger partial charge in [0, 0.05) is 39.8 Å². The number of rotatable bonds is 8. The highest BCUT2D eigenvalue weighted by molar-refractivity contribution is 14.0. The molecule has 0 aliphatic carbocycles. The largest absolute Gasteiger partial charge is 0.493 e. The SMILES string of the molecule is CCNC(=NCC1CCN(S(C)(=O)=O)CC1)N(C)Cc1cc(OC)c(OC)cc1C.I. The zero-order chi connectivity index (χ0) is 22.3. The van der Waals surface area contributed by atoms with Gasteiger partial charge in [0.2, 0.25) is 10.0 Å². The van der Waals surface area contributed by atoms with Crippen LogP contribution in [-0.4, -0.2) is 77.3 Å². The lowest BCUT2D eigenvalue weighted by Gasteiger charge is -2.30. The monoisotopic (exact) mass is 568 g/mol. The van der Waals surface area contributed by atoms with Crippen molar-refractivity contribution in [3.63, 3.8) is 0 Å². The summed E-state index contributed by atoms with van der Waals surface area (Å²) in [6.07, 6.45) is 2.96. The van der Waals surface area contributed by atoms with E-state index < -0.39 is 10.0 Å². The first-order chi connectivity index (χ1) is 14.2. The summed E-state index contributed by atoms with van der Waals surface area (Å²) in [7, 11) is 2.20. The number of halogens is 1. The van der Waals surface area contributed by atoms with Crippen molar-refractivity contribution in [2.24, 2.45) is 10.9 Å². The number of ether oxygens (including phenoxy) is 2. The molecular weight excluding hydrogens is 531 g/mol. The van der Waals surface area contributed by atoms with Crippen molar-refractivity contribution < 1.29 is 17.9 Å². The van der Waals surface area contributed by atoms with Gasteiger partial charge in [-0.1, -0.05) is 0 Å². The Morgan fingerprint density at radius 2 is 1.81 bits per heavy atom. The molecule has 0 atom stereocenters. The minimum absolute atomic E-state index is 0. The molecule has 0 bridgehead atoms. The highest BCUT2D eigenvalue weighted by Crippen LogP contribution is 2.30. The predicted octanol–water partition coefficient (Wildman–Crippen LogP) is 2.70. The third-order valence-corrected chi connectivity index (χ3v) is 6.79. The van der Waals surface area contributed by atoms with Crippen LogP contribution < -0.4 is 14.8 Å². The van der Waals surface area contributed by atoms with Gasteiger partial charge in [-0.15, -0.1) is 24.0 Å². The maximum Gasteiger partial charge on any atom is 0.211 e. The van der Waals surface area contributed by atoms with Crippen LogP contribution in [-0.2, 0) is 16.6 Å². The Balaban J connectivity index is 0.00000480. The number of piperidine rings is 1. The summed E-state index contributed by atoms with van der Waals surface area (Å²) in [5.74, 6) is 2.68. The first-order valence-corrected chi connectivity index (χ1v) is 12.2. The van der Waals surface area contributed by atoms with E-state index in [-0.39, 0.29) is 24.0 Å². The van der Waals surface area contributed by atoms with Crippen LogP contribution in [0.15, 0.2) is 17.1 Å². The molecule has 1 heterocycles. The zero-order valence-corrected chi connectivity index (χ0v) is 22.6. The molecule has 0 amide bonds. The van der Waals surface area contributed by atoms with E-state index in [1.165, 1.54) is 6.26 Å². The van der Waals surface area contributed by atoms with Crippen molar-refractivity contribution >= 4 is 40.0 Å². The Bertz CT molecular complexity index is 840. The van der Waals surface area contributed by atoms with Gasteiger partial charge in [-0.25, -0.2) is 12.7 Å². The van der Waals surface area contributed by atoms with Gasteiger partial charge in [0.15, 0.2) is 17.5 Å². The number of hydrogen-bond donors (Lipinski definition) is 1. The van der Waals surface area contributed by atoms with Gasteiger partial charge >= 0.3 is 0 Å². The fourth-order valence-corrected chi connectivity index (χ4v) is 4.51. The van der Waals surface area contributed by atoms with Gasteiger partial charge in [0.05, 0.1) is 20.5 Å². The van der Waals surface area contributed by atoms with Gasteiger partial charge in [0.25, 0.3) is 0 Å². The minimum Gasteiger partial charge on any atom is -0.493 e. The number of aliphatic imine (C=N–C) groups is 1. The lowest BCUT2D eigenvalue weighted by atomic mass is 9.98. The van der Waals surface area contributed by atoms with Gasteiger partial charge in [-0.05, 0) is 55.9 Å². The molecule has 0 unspecified atom stereocenters. The molecule has 31 heavy (non-hydrogen) atoms. The van der Waals surface area contributed by atoms with E-state index in [2.05, 4.69) is 24.1 Å². The van der Waals surface area contributed by atoms with Crippen LogP contribution in [0.25, 0.3) is 0 Å². The standard InChI is InChI=1S/C21H36N4O4S.HI/c1-7-22-21(23-14-17-8-10-25(11-9-17)30(6,26)27)24(3)15-18-13-20(29-5)19(28-4)12-16(18)2;/h12-13,17H,7-11,14-15H2,1-6H3,(H,22,23);1H. The molecule has 1 saturated heterocycles. The Kier molecular flexibility index (Phi) is 11.4. The normalized spacial score (nSPS) is 15.9. The summed E-state index contributed by atoms with van der Waals surface area (Å²) < 4.78 is 35.8. The smallest absolute Gasteiger partial charge is 0.211 e. The number of benzene rings is 1. The Labute approximate surface area is 204 Å². The topological polar surface area (TPSA) is 83.5 Å². The number of nitrogens with one attached hydrogen (secondary N) is 1. The number of guanidine groups is 1. The number of aryl methyl sites for hydroxylation is 1. The highest BCUT2D eigenvalue weighted by atomic mass is 127. The summed E-state index contributed by atoms with van der Waals surface area (Å²) in [4.78, 5) is 6.93. The van der Waals surface area contributed by atoms with Crippen LogP contribution in [0.3, 0.4) is 0 Å². The molecule has 0 spiro atoms. The second kappa shape index (κ2) is 12.7. The lowest BCUT2D eigenvalue weighted by molar-refractivity contribution is 0.279. The molecule has 10 heteroatoms. The molecule has 1 aromatic carbocycles. The molecule has 8 nitrogen and oxygen atoms in total. The molecule has 1 N–H and O–H groups in total. The van der Waals surface area contributed by atoms with Crippen molar-refractivity contribution in [1.29, 1.82) is 0 Å². The van der Waals surface area contributed by atoms with Crippen LogP contribution in [0.4, 0.5) is 0 Å². The van der Waals surface area contributed by atoms with Crippen molar-refractivity contribution in [2.45, 2.75) is 33.2 Å². The van der Waals surface area contributed by atoms with E-state index in [0.717, 1.165) is 42.2 Å². The molecule has 178 valence electrons. The molecule has 0 aromatic heterocycles. The van der Waals surface area contributed by atoms with Crippen molar-refractivity contribution in [2.75, 3.05) is 53.7 Å². The van der Waals surface area contributed by atoms with E-state index in [1.807, 2.05) is 19.2 Å². The molecule has 0 radical (unpaired) electrons. The van der Waals surface area contributed by atoms with E-state index in [9.17, 15) is 8.42 Å². The summed E-state index contributed by atoms with van der Waals surface area (Å²) in [5.41, 5.74) is 2.27. The Hall–Kier alpha value is -1.27. The van der Waals surface area contributed by atoms with Crippen LogP contribution in [0.2, 0.25) is 0 Å². The molecular formula is C21H37IN4O4S. The van der Waals surface area contributed by atoms with E-state index in [4.69, 9.17) is 14.5 Å². The van der Waals surface area contributed by atoms with E-state index in [1.54, 1.807) is 18.5 Å². The van der Waals surface area contributed by atoms with Crippen molar-refractivity contribution in [3.05, 3.63) is 23.3 Å². The number of sulfonamides is 1. The zero-order valence-electron chi connectivity index (χ0n) is 19.5. The van der Waals surface area contributed by atoms with Crippen LogP contribution in [0.1, 0.15) is 30.9 Å². The van der Waals surface area contributed by atoms with Crippen LogP contribution in [0, 0.1) is 12.8 Å². The average molecular weight is 569 g/mol. The maximum absolute atomic E-state index is 11.7. The molecule has 1 aliphatic heterocycles. The molecule has 2 rings (SSSR count).